The van der Waals surface area contributed by atoms with Gasteiger partial charge in [0.2, 0.25) is 0 Å². The van der Waals surface area contributed by atoms with E-state index in [2.05, 4.69) is 4.84 Å². The van der Waals surface area contributed by atoms with Gasteiger partial charge in [-0.3, -0.25) is 4.84 Å². The molecule has 0 aromatic heterocycles. The fourth-order valence-electron chi connectivity index (χ4n) is 1.26. The van der Waals surface area contributed by atoms with Crippen LogP contribution < -0.4 is 9.57 Å². The van der Waals surface area contributed by atoms with Crippen molar-refractivity contribution in [3.05, 3.63) is 24.3 Å². The zero-order valence-electron chi connectivity index (χ0n) is 7.84. The molecular formula is C10H10ClF2NO. The average molecular weight is 234 g/mol. The molecule has 1 saturated carbocycles. The normalized spacial score (nSPS) is 22.2. The molecule has 1 aliphatic rings. The predicted octanol–water partition coefficient (Wildman–Crippen LogP) is 3.29. The molecule has 2 rings (SSSR count). The van der Waals surface area contributed by atoms with Gasteiger partial charge in [-0.05, 0) is 24.3 Å². The Morgan fingerprint density at radius 2 is 2.00 bits per heavy atom. The summed E-state index contributed by atoms with van der Waals surface area (Å²) in [4.78, 5) is 2.44. The molecule has 0 aliphatic heterocycles. The van der Waals surface area contributed by atoms with Gasteiger partial charge in [-0.2, -0.15) is 0 Å². The van der Waals surface area contributed by atoms with Gasteiger partial charge >= 0.3 is 0 Å². The third kappa shape index (κ3) is 2.50. The Morgan fingerprint density at radius 1 is 1.40 bits per heavy atom. The molecule has 1 aromatic rings. The highest BCUT2D eigenvalue weighted by Crippen LogP contribution is 2.48. The van der Waals surface area contributed by atoms with Crippen LogP contribution in [0.25, 0.3) is 0 Å². The molecule has 0 saturated heterocycles. The van der Waals surface area contributed by atoms with E-state index in [-0.39, 0.29) is 13.0 Å². The van der Waals surface area contributed by atoms with Crippen LogP contribution >= 0.6 is 11.8 Å². The minimum absolute atomic E-state index is 0.0612. The molecule has 0 bridgehead atoms. The Balaban J connectivity index is 1.84. The van der Waals surface area contributed by atoms with Crippen molar-refractivity contribution in [1.29, 1.82) is 0 Å². The van der Waals surface area contributed by atoms with Crippen LogP contribution in [0.3, 0.4) is 0 Å². The van der Waals surface area contributed by atoms with Crippen LogP contribution in [0.1, 0.15) is 6.42 Å². The minimum atomic E-state index is -2.52. The summed E-state index contributed by atoms with van der Waals surface area (Å²) in [6.07, 6.45) is -0.0612. The van der Waals surface area contributed by atoms with Gasteiger partial charge in [0.1, 0.15) is 5.75 Å². The SMILES string of the molecule is FC1(F)CC1COc1ccc(NCl)cc1. The largest absolute Gasteiger partial charge is 0.493 e. The summed E-state index contributed by atoms with van der Waals surface area (Å²) in [6.45, 7) is 0.0701. The third-order valence-electron chi connectivity index (χ3n) is 2.37. The van der Waals surface area contributed by atoms with Gasteiger partial charge in [0, 0.05) is 23.9 Å². The van der Waals surface area contributed by atoms with Crippen LogP contribution in [0.15, 0.2) is 24.3 Å². The van der Waals surface area contributed by atoms with E-state index < -0.39 is 11.8 Å². The number of ether oxygens (including phenoxy) is 1. The van der Waals surface area contributed by atoms with E-state index in [1.54, 1.807) is 24.3 Å². The van der Waals surface area contributed by atoms with Crippen LogP contribution in [0.4, 0.5) is 14.5 Å². The van der Waals surface area contributed by atoms with E-state index in [4.69, 9.17) is 16.5 Å². The number of hydrogen-bond donors (Lipinski definition) is 1. The molecule has 1 atom stereocenters. The third-order valence-corrected chi connectivity index (χ3v) is 2.59. The lowest BCUT2D eigenvalue weighted by Gasteiger charge is -2.05. The average Bonchev–Trinajstić information content (AvgIpc) is 2.84. The summed E-state index contributed by atoms with van der Waals surface area (Å²) >= 11 is 5.36. The number of hydrogen-bond acceptors (Lipinski definition) is 2. The van der Waals surface area contributed by atoms with Crippen LogP contribution in [-0.4, -0.2) is 12.5 Å². The first-order valence-corrected chi connectivity index (χ1v) is 4.97. The Morgan fingerprint density at radius 3 is 2.47 bits per heavy atom. The summed E-state index contributed by atoms with van der Waals surface area (Å²) < 4.78 is 30.2. The molecule has 0 heterocycles. The van der Waals surface area contributed by atoms with Gasteiger partial charge in [0.05, 0.1) is 12.5 Å². The summed E-state index contributed by atoms with van der Waals surface area (Å²) in [5.74, 6) is -2.56. The van der Waals surface area contributed by atoms with E-state index >= 15 is 0 Å². The van der Waals surface area contributed by atoms with Gasteiger partial charge in [0.15, 0.2) is 0 Å². The number of halogens is 3. The lowest BCUT2D eigenvalue weighted by Crippen LogP contribution is -2.05. The standard InChI is InChI=1S/C10H10ClF2NO/c11-14-8-1-3-9(4-2-8)15-6-7-5-10(7,12)13/h1-4,7,14H,5-6H2. The van der Waals surface area contributed by atoms with Crippen molar-refractivity contribution in [2.75, 3.05) is 11.4 Å². The monoisotopic (exact) mass is 233 g/mol. The molecule has 1 aromatic carbocycles. The van der Waals surface area contributed by atoms with Gasteiger partial charge in [-0.15, -0.1) is 0 Å². The molecule has 15 heavy (non-hydrogen) atoms. The number of benzene rings is 1. The van der Waals surface area contributed by atoms with Crippen LogP contribution in [0, 0.1) is 5.92 Å². The fourth-order valence-corrected chi connectivity index (χ4v) is 1.39. The van der Waals surface area contributed by atoms with E-state index in [9.17, 15) is 8.78 Å². The Hall–Kier alpha value is -1.03. The van der Waals surface area contributed by atoms with Gasteiger partial charge in [-0.25, -0.2) is 8.78 Å². The van der Waals surface area contributed by atoms with Crippen molar-refractivity contribution in [3.63, 3.8) is 0 Å². The molecule has 1 unspecified atom stereocenters. The molecule has 2 nitrogen and oxygen atoms in total. The van der Waals surface area contributed by atoms with Crippen molar-refractivity contribution >= 4 is 17.5 Å². The molecule has 0 amide bonds. The highest BCUT2D eigenvalue weighted by molar-refractivity contribution is 6.23. The highest BCUT2D eigenvalue weighted by atomic mass is 35.5. The second-order valence-electron chi connectivity index (χ2n) is 3.59. The number of alkyl halides is 2. The first-order chi connectivity index (χ1) is 7.12. The van der Waals surface area contributed by atoms with Crippen molar-refractivity contribution in [2.24, 2.45) is 5.92 Å². The van der Waals surface area contributed by atoms with Gasteiger partial charge in [0.25, 0.3) is 5.92 Å². The molecule has 1 N–H and O–H groups in total. The quantitative estimate of drug-likeness (QED) is 0.806. The minimum Gasteiger partial charge on any atom is -0.493 e. The molecule has 82 valence electrons. The van der Waals surface area contributed by atoms with Crippen molar-refractivity contribution in [1.82, 2.24) is 0 Å². The molecular weight excluding hydrogens is 224 g/mol. The summed E-state index contributed by atoms with van der Waals surface area (Å²) in [7, 11) is 0. The Labute approximate surface area is 91.3 Å². The van der Waals surface area contributed by atoms with Crippen molar-refractivity contribution in [3.8, 4) is 5.75 Å². The predicted molar refractivity (Wildman–Crippen MR) is 54.5 cm³/mol. The Bertz CT molecular complexity index is 342. The maximum absolute atomic E-state index is 12.5. The van der Waals surface area contributed by atoms with E-state index in [0.29, 0.717) is 5.75 Å². The summed E-state index contributed by atoms with van der Waals surface area (Å²) in [5, 5.41) is 0. The summed E-state index contributed by atoms with van der Waals surface area (Å²) in [6, 6.07) is 6.80. The first kappa shape index (κ1) is 10.5. The van der Waals surface area contributed by atoms with Crippen LogP contribution in [0.5, 0.6) is 5.75 Å². The number of nitrogens with one attached hydrogen (secondary N) is 1. The van der Waals surface area contributed by atoms with Crippen molar-refractivity contribution in [2.45, 2.75) is 12.3 Å². The topological polar surface area (TPSA) is 21.3 Å². The fraction of sp³-hybridized carbons (Fsp3) is 0.400. The van der Waals surface area contributed by atoms with Gasteiger partial charge < -0.3 is 4.74 Å². The lowest BCUT2D eigenvalue weighted by molar-refractivity contribution is 0.0856. The second-order valence-corrected chi connectivity index (χ2v) is 3.78. The van der Waals surface area contributed by atoms with E-state index in [1.807, 2.05) is 0 Å². The zero-order valence-corrected chi connectivity index (χ0v) is 8.60. The van der Waals surface area contributed by atoms with Crippen molar-refractivity contribution < 1.29 is 13.5 Å². The highest BCUT2D eigenvalue weighted by Gasteiger charge is 2.57. The number of rotatable bonds is 4. The Kier molecular flexibility index (Phi) is 2.69. The molecule has 5 heteroatoms. The van der Waals surface area contributed by atoms with Gasteiger partial charge in [-0.1, -0.05) is 0 Å². The number of anilines is 1. The maximum atomic E-state index is 12.5. The van der Waals surface area contributed by atoms with Crippen LogP contribution in [-0.2, 0) is 0 Å². The maximum Gasteiger partial charge on any atom is 0.255 e. The van der Waals surface area contributed by atoms with E-state index in [0.717, 1.165) is 5.69 Å². The summed E-state index contributed by atoms with van der Waals surface area (Å²) in [5.41, 5.74) is 0.737. The lowest BCUT2D eigenvalue weighted by atomic mass is 10.3. The molecule has 0 radical (unpaired) electrons. The molecule has 1 aliphatic carbocycles. The van der Waals surface area contributed by atoms with Crippen LogP contribution in [0.2, 0.25) is 0 Å². The first-order valence-electron chi connectivity index (χ1n) is 4.59. The zero-order chi connectivity index (χ0) is 10.9. The smallest absolute Gasteiger partial charge is 0.255 e. The molecule has 0 spiro atoms. The second kappa shape index (κ2) is 3.85. The van der Waals surface area contributed by atoms with E-state index in [1.165, 1.54) is 0 Å². The molecule has 1 fully saturated rings.